The van der Waals surface area contributed by atoms with E-state index >= 15 is 0 Å². The average Bonchev–Trinajstić information content (AvgIpc) is 2.66. The summed E-state index contributed by atoms with van der Waals surface area (Å²) in [6.07, 6.45) is -2.76. The summed E-state index contributed by atoms with van der Waals surface area (Å²) in [6.45, 7) is 0.374. The van der Waals surface area contributed by atoms with E-state index in [9.17, 15) is 24.6 Å². The third-order valence-electron chi connectivity index (χ3n) is 4.89. The standard InChI is InChI=1S/C17H28N8O6/c1-24(16(20)21)4-2-8(18)6-12(27)22-9-7-10(26)14(31-13(9)15(28)29)25-5-3-11(19)23-17(25)30/h3,5,8-10,13-14,26H,2,4,6-7,18H2,1H3,(H3,20,21)(H,22,27)(H,28,29)(H2,19,23,30)/t8-,9-,10+,13-,14+/m0/s1. The van der Waals surface area contributed by atoms with Gasteiger partial charge in [-0.2, -0.15) is 4.98 Å². The van der Waals surface area contributed by atoms with Crippen molar-refractivity contribution < 1.29 is 24.5 Å². The first-order chi connectivity index (χ1) is 14.5. The van der Waals surface area contributed by atoms with Gasteiger partial charge >= 0.3 is 11.7 Å². The summed E-state index contributed by atoms with van der Waals surface area (Å²) in [4.78, 5) is 41.0. The molecule has 1 saturated heterocycles. The van der Waals surface area contributed by atoms with Crippen LogP contribution in [0.25, 0.3) is 0 Å². The van der Waals surface area contributed by atoms with Crippen LogP contribution in [0.2, 0.25) is 0 Å². The Morgan fingerprint density at radius 3 is 2.77 bits per heavy atom. The van der Waals surface area contributed by atoms with E-state index in [1.54, 1.807) is 7.05 Å². The van der Waals surface area contributed by atoms with Crippen molar-refractivity contribution in [3.05, 3.63) is 22.7 Å². The number of nitrogens with two attached hydrogens (primary N) is 3. The van der Waals surface area contributed by atoms with Gasteiger partial charge in [-0.15, -0.1) is 0 Å². The first kappa shape index (κ1) is 24.0. The predicted molar refractivity (Wildman–Crippen MR) is 109 cm³/mol. The van der Waals surface area contributed by atoms with Crippen LogP contribution in [0.4, 0.5) is 5.82 Å². The van der Waals surface area contributed by atoms with Gasteiger partial charge in [0.05, 0.1) is 6.04 Å². The second kappa shape index (κ2) is 10.2. The Hall–Kier alpha value is -3.23. The predicted octanol–water partition coefficient (Wildman–Crippen LogP) is -3.02. The number of rotatable bonds is 8. The Morgan fingerprint density at radius 2 is 2.19 bits per heavy atom. The van der Waals surface area contributed by atoms with E-state index in [2.05, 4.69) is 10.3 Å². The van der Waals surface area contributed by atoms with Crippen molar-refractivity contribution in [3.8, 4) is 0 Å². The molecule has 1 fully saturated rings. The number of aliphatic hydroxyl groups is 1. The van der Waals surface area contributed by atoms with Crippen molar-refractivity contribution in [1.82, 2.24) is 19.8 Å². The summed E-state index contributed by atoms with van der Waals surface area (Å²) in [7, 11) is 1.62. The van der Waals surface area contributed by atoms with Crippen LogP contribution < -0.4 is 28.2 Å². The monoisotopic (exact) mass is 440 g/mol. The number of ether oxygens (including phenoxy) is 1. The van der Waals surface area contributed by atoms with E-state index in [1.165, 1.54) is 17.2 Å². The quantitative estimate of drug-likeness (QED) is 0.158. The van der Waals surface area contributed by atoms with Crippen molar-refractivity contribution in [2.45, 2.75) is 49.8 Å². The number of aliphatic carboxylic acids is 1. The van der Waals surface area contributed by atoms with E-state index in [-0.39, 0.29) is 24.6 Å². The van der Waals surface area contributed by atoms with Gasteiger partial charge in [-0.3, -0.25) is 14.8 Å². The molecule has 1 aromatic rings. The molecule has 1 aliphatic rings. The van der Waals surface area contributed by atoms with Crippen LogP contribution in [0.5, 0.6) is 0 Å². The summed E-state index contributed by atoms with van der Waals surface area (Å²) < 4.78 is 6.37. The van der Waals surface area contributed by atoms with Gasteiger partial charge in [-0.05, 0) is 12.5 Å². The highest BCUT2D eigenvalue weighted by Crippen LogP contribution is 2.27. The number of nitrogens with one attached hydrogen (secondary N) is 2. The molecule has 0 radical (unpaired) electrons. The molecular weight excluding hydrogens is 412 g/mol. The van der Waals surface area contributed by atoms with E-state index < -0.39 is 48.1 Å². The minimum Gasteiger partial charge on any atom is -0.479 e. The zero-order valence-electron chi connectivity index (χ0n) is 17.0. The highest BCUT2D eigenvalue weighted by atomic mass is 16.5. The summed E-state index contributed by atoms with van der Waals surface area (Å²) >= 11 is 0. The molecule has 31 heavy (non-hydrogen) atoms. The smallest absolute Gasteiger partial charge is 0.351 e. The number of carbonyl (C=O) groups is 2. The van der Waals surface area contributed by atoms with Crippen molar-refractivity contribution in [1.29, 1.82) is 5.41 Å². The van der Waals surface area contributed by atoms with Crippen LogP contribution in [-0.2, 0) is 14.3 Å². The molecule has 2 heterocycles. The Bertz CT molecular complexity index is 876. The molecule has 14 heteroatoms. The zero-order chi connectivity index (χ0) is 23.3. The maximum Gasteiger partial charge on any atom is 0.351 e. The number of amides is 1. The van der Waals surface area contributed by atoms with Crippen molar-refractivity contribution in [2.75, 3.05) is 19.3 Å². The third kappa shape index (κ3) is 6.37. The number of hydrogen-bond acceptors (Lipinski definition) is 9. The van der Waals surface area contributed by atoms with E-state index in [1.807, 2.05) is 0 Å². The first-order valence-electron chi connectivity index (χ1n) is 9.50. The van der Waals surface area contributed by atoms with Crippen LogP contribution in [0, 0.1) is 5.41 Å². The molecule has 0 spiro atoms. The maximum atomic E-state index is 12.3. The number of nitrogen functional groups attached to an aromatic ring is 1. The molecule has 1 aromatic heterocycles. The highest BCUT2D eigenvalue weighted by Gasteiger charge is 2.43. The number of aliphatic hydroxyl groups excluding tert-OH is 1. The fourth-order valence-corrected chi connectivity index (χ4v) is 3.16. The van der Waals surface area contributed by atoms with Crippen LogP contribution in [-0.4, -0.2) is 80.4 Å². The second-order valence-electron chi connectivity index (χ2n) is 7.36. The minimum atomic E-state index is -1.51. The average molecular weight is 440 g/mol. The van der Waals surface area contributed by atoms with Gasteiger partial charge in [0.25, 0.3) is 0 Å². The van der Waals surface area contributed by atoms with Crippen molar-refractivity contribution >= 4 is 23.7 Å². The number of nitrogens with zero attached hydrogens (tertiary/aromatic N) is 3. The Kier molecular flexibility index (Phi) is 7.90. The Balaban J connectivity index is 2.01. The molecule has 0 saturated carbocycles. The minimum absolute atomic E-state index is 0.0303. The summed E-state index contributed by atoms with van der Waals surface area (Å²) in [6, 6.07) is -0.279. The topological polar surface area (TPSA) is 236 Å². The fourth-order valence-electron chi connectivity index (χ4n) is 3.16. The van der Waals surface area contributed by atoms with Crippen LogP contribution in [0.3, 0.4) is 0 Å². The van der Waals surface area contributed by atoms with Gasteiger partial charge in [0.1, 0.15) is 11.9 Å². The van der Waals surface area contributed by atoms with Crippen molar-refractivity contribution in [2.24, 2.45) is 11.5 Å². The fraction of sp³-hybridized carbons (Fsp3) is 0.588. The lowest BCUT2D eigenvalue weighted by molar-refractivity contribution is -0.191. The molecule has 0 aliphatic carbocycles. The third-order valence-corrected chi connectivity index (χ3v) is 4.89. The van der Waals surface area contributed by atoms with Crippen LogP contribution in [0.1, 0.15) is 25.5 Å². The summed E-state index contributed by atoms with van der Waals surface area (Å²) in [5, 5.41) is 29.8. The van der Waals surface area contributed by atoms with Gasteiger partial charge in [-0.25, -0.2) is 9.59 Å². The molecule has 5 atom stereocenters. The maximum absolute atomic E-state index is 12.3. The van der Waals surface area contributed by atoms with E-state index in [4.69, 9.17) is 27.3 Å². The molecule has 2 rings (SSSR count). The largest absolute Gasteiger partial charge is 0.479 e. The molecule has 10 N–H and O–H groups in total. The molecule has 0 unspecified atom stereocenters. The number of anilines is 1. The van der Waals surface area contributed by atoms with E-state index in [0.717, 1.165) is 4.57 Å². The van der Waals surface area contributed by atoms with Gasteiger partial charge < -0.3 is 42.4 Å². The highest BCUT2D eigenvalue weighted by molar-refractivity contribution is 5.79. The Morgan fingerprint density at radius 1 is 1.52 bits per heavy atom. The number of aromatic nitrogens is 2. The molecule has 1 amide bonds. The van der Waals surface area contributed by atoms with Crippen LogP contribution in [0.15, 0.2) is 17.1 Å². The molecule has 0 bridgehead atoms. The van der Waals surface area contributed by atoms with Gasteiger partial charge in [0, 0.05) is 38.7 Å². The molecule has 0 aromatic carbocycles. The molecule has 14 nitrogen and oxygen atoms in total. The first-order valence-corrected chi connectivity index (χ1v) is 9.50. The SMILES string of the molecule is CN(CC[C@H](N)CC(=O)N[C@H]1C[C@@H](O)[C@H](n2ccc(N)nc2=O)O[C@@H]1C(=O)O)C(=N)N. The van der Waals surface area contributed by atoms with Gasteiger partial charge in [0.15, 0.2) is 18.3 Å². The normalized spacial score (nSPS) is 24.2. The lowest BCUT2D eigenvalue weighted by atomic mass is 9.98. The Labute approximate surface area is 177 Å². The van der Waals surface area contributed by atoms with Gasteiger partial charge in [0.2, 0.25) is 5.91 Å². The number of carbonyl (C=O) groups excluding carboxylic acids is 1. The molecule has 1 aliphatic heterocycles. The van der Waals surface area contributed by atoms with Crippen LogP contribution >= 0.6 is 0 Å². The number of guanidine groups is 1. The van der Waals surface area contributed by atoms with Gasteiger partial charge in [-0.1, -0.05) is 0 Å². The number of carboxylic acids is 1. The lowest BCUT2D eigenvalue weighted by Gasteiger charge is -2.38. The molecular formula is C17H28N8O6. The summed E-state index contributed by atoms with van der Waals surface area (Å²) in [5.74, 6) is -2.04. The number of carboxylic acid groups (broad SMARTS) is 1. The van der Waals surface area contributed by atoms with Crippen molar-refractivity contribution in [3.63, 3.8) is 0 Å². The lowest BCUT2D eigenvalue weighted by Crippen LogP contribution is -2.57. The molecule has 172 valence electrons. The van der Waals surface area contributed by atoms with E-state index in [0.29, 0.717) is 13.0 Å². The number of hydrogen-bond donors (Lipinski definition) is 7. The summed E-state index contributed by atoms with van der Waals surface area (Å²) in [5.41, 5.74) is 15.9. The zero-order valence-corrected chi connectivity index (χ0v) is 17.0. The second-order valence-corrected chi connectivity index (χ2v) is 7.36.